The number of morpholine rings is 1. The second-order valence-electron chi connectivity index (χ2n) is 8.35. The Labute approximate surface area is 218 Å². The van der Waals surface area contributed by atoms with Gasteiger partial charge in [0.05, 0.1) is 38.2 Å². The fourth-order valence-electron chi connectivity index (χ4n) is 3.99. The number of unbranched alkanes of at least 4 members (excludes halogenated alkanes) is 1. The van der Waals surface area contributed by atoms with E-state index in [1.807, 2.05) is 43.3 Å². The van der Waals surface area contributed by atoms with Crippen molar-refractivity contribution in [1.82, 2.24) is 4.90 Å². The van der Waals surface area contributed by atoms with Crippen molar-refractivity contribution >= 4 is 39.6 Å². The number of ether oxygens (including phenoxy) is 3. The van der Waals surface area contributed by atoms with Crippen molar-refractivity contribution in [2.24, 2.45) is 0 Å². The number of fused-ring (bicyclic) bond motifs is 1. The van der Waals surface area contributed by atoms with Crippen LogP contribution in [0.2, 0.25) is 0 Å². The summed E-state index contributed by atoms with van der Waals surface area (Å²) in [6, 6.07) is 16.4. The summed E-state index contributed by atoms with van der Waals surface area (Å²) in [4.78, 5) is 28.2. The molecular weight excluding hydrogens is 496 g/mol. The van der Waals surface area contributed by atoms with Gasteiger partial charge in [0.15, 0.2) is 0 Å². The monoisotopic (exact) mass is 526 g/mol. The molecule has 1 unspecified atom stereocenters. The third kappa shape index (κ3) is 6.27. The van der Waals surface area contributed by atoms with E-state index in [2.05, 4.69) is 4.72 Å². The molecule has 0 aromatic heterocycles. The Balaban J connectivity index is 1.80. The van der Waals surface area contributed by atoms with E-state index in [1.54, 1.807) is 23.1 Å². The summed E-state index contributed by atoms with van der Waals surface area (Å²) in [5.74, 6) is -0.422. The molecule has 3 aromatic rings. The van der Waals surface area contributed by atoms with Gasteiger partial charge in [0, 0.05) is 18.5 Å². The summed E-state index contributed by atoms with van der Waals surface area (Å²) in [5.41, 5.74) is 0.123. The molecule has 3 aromatic carbocycles. The number of nitrogens with one attached hydrogen (secondary N) is 1. The predicted octanol–water partition coefficient (Wildman–Crippen LogP) is 4.70. The summed E-state index contributed by atoms with van der Waals surface area (Å²) >= 11 is -2.02. The van der Waals surface area contributed by atoms with Crippen molar-refractivity contribution in [3.8, 4) is 11.5 Å². The van der Waals surface area contributed by atoms with Crippen molar-refractivity contribution in [3.05, 3.63) is 65.7 Å². The van der Waals surface area contributed by atoms with Gasteiger partial charge < -0.3 is 19.1 Å². The lowest BCUT2D eigenvalue weighted by Gasteiger charge is -2.28. The van der Waals surface area contributed by atoms with Crippen LogP contribution >= 0.6 is 0 Å². The number of methoxy groups -OCH3 is 1. The molecule has 1 heterocycles. The van der Waals surface area contributed by atoms with Crippen LogP contribution in [0.25, 0.3) is 10.8 Å². The number of esters is 1. The first kappa shape index (κ1) is 26.6. The Morgan fingerprint density at radius 1 is 1.03 bits per heavy atom. The number of hydrogen-bond donors (Lipinski definition) is 1. The maximum Gasteiger partial charge on any atom is 0.343 e. The average Bonchev–Trinajstić information content (AvgIpc) is 2.93. The summed E-state index contributed by atoms with van der Waals surface area (Å²) < 4.78 is 37.5. The number of amides is 1. The summed E-state index contributed by atoms with van der Waals surface area (Å²) in [7, 11) is 1.24. The van der Waals surface area contributed by atoms with Crippen LogP contribution in [0.15, 0.2) is 54.6 Å². The van der Waals surface area contributed by atoms with Gasteiger partial charge in [-0.3, -0.25) is 13.7 Å². The zero-order valence-corrected chi connectivity index (χ0v) is 21.7. The molecule has 0 aliphatic carbocycles. The van der Waals surface area contributed by atoms with Gasteiger partial charge >= 0.3 is 5.97 Å². The van der Waals surface area contributed by atoms with Crippen LogP contribution in [0.4, 0.5) is 5.69 Å². The number of carbonyl (C=O) groups is 2. The van der Waals surface area contributed by atoms with Crippen LogP contribution in [-0.2, 0) is 24.9 Å². The minimum absolute atomic E-state index is 0.0240. The van der Waals surface area contributed by atoms with Gasteiger partial charge in [-0.25, -0.2) is 9.00 Å². The second-order valence-corrected chi connectivity index (χ2v) is 9.26. The lowest BCUT2D eigenvalue weighted by atomic mass is 10.0. The van der Waals surface area contributed by atoms with E-state index in [9.17, 15) is 13.8 Å². The van der Waals surface area contributed by atoms with Crippen molar-refractivity contribution in [3.63, 3.8) is 0 Å². The normalized spacial score (nSPS) is 14.3. The highest BCUT2D eigenvalue weighted by molar-refractivity contribution is 7.81. The molecule has 9 nitrogen and oxygen atoms in total. The van der Waals surface area contributed by atoms with Crippen LogP contribution < -0.4 is 9.46 Å². The van der Waals surface area contributed by atoms with E-state index < -0.39 is 17.2 Å². The van der Waals surface area contributed by atoms with E-state index in [0.717, 1.165) is 17.2 Å². The number of hydrogen-bond acceptors (Lipinski definition) is 7. The number of carbonyl (C=O) groups excluding carboxylic acids is 2. The molecule has 1 amide bonds. The molecule has 1 saturated heterocycles. The molecular formula is C27H30N2O7S. The quantitative estimate of drug-likeness (QED) is 0.302. The molecule has 0 bridgehead atoms. The maximum absolute atomic E-state index is 13.5. The second kappa shape index (κ2) is 12.7. The van der Waals surface area contributed by atoms with Gasteiger partial charge in [-0.1, -0.05) is 49.7 Å². The lowest BCUT2D eigenvalue weighted by Crippen LogP contribution is -2.41. The first-order valence-corrected chi connectivity index (χ1v) is 13.2. The van der Waals surface area contributed by atoms with Gasteiger partial charge in [-0.15, -0.1) is 0 Å². The third-order valence-corrected chi connectivity index (χ3v) is 6.68. The predicted molar refractivity (Wildman–Crippen MR) is 141 cm³/mol. The molecule has 1 aliphatic heterocycles. The molecule has 1 atom stereocenters. The highest BCUT2D eigenvalue weighted by Crippen LogP contribution is 2.37. The molecule has 0 saturated carbocycles. The Morgan fingerprint density at radius 3 is 2.54 bits per heavy atom. The van der Waals surface area contributed by atoms with Gasteiger partial charge in [0.25, 0.3) is 17.2 Å². The molecule has 1 aliphatic rings. The van der Waals surface area contributed by atoms with Crippen LogP contribution in [-0.4, -0.2) is 61.0 Å². The summed E-state index contributed by atoms with van der Waals surface area (Å²) in [6.45, 7) is 3.86. The Bertz CT molecular complexity index is 1290. The Hall–Kier alpha value is -3.47. The van der Waals surface area contributed by atoms with Crippen molar-refractivity contribution in [2.45, 2.75) is 19.8 Å². The number of benzene rings is 3. The van der Waals surface area contributed by atoms with Gasteiger partial charge in [0.2, 0.25) is 0 Å². The zero-order valence-electron chi connectivity index (χ0n) is 20.9. The Kier molecular flexibility index (Phi) is 9.10. The topological polar surface area (TPSA) is 103 Å². The first-order valence-electron chi connectivity index (χ1n) is 12.1. The fourth-order valence-corrected chi connectivity index (χ4v) is 4.70. The van der Waals surface area contributed by atoms with Gasteiger partial charge in [-0.2, -0.15) is 0 Å². The minimum atomic E-state index is -2.02. The standard InChI is InChI=1S/C27H30N2O7S/c1-3-4-16-35-37(32)28-25-21(26(30)29-14-17-34-18-15-29)12-13-23(24(25)27(31)33-2)36-22-11-7-9-19-8-5-6-10-20(19)22/h5-13,28H,3-4,14-18H2,1-2H3. The average molecular weight is 527 g/mol. The van der Waals surface area contributed by atoms with Crippen LogP contribution in [0.1, 0.15) is 40.5 Å². The highest BCUT2D eigenvalue weighted by atomic mass is 32.2. The largest absolute Gasteiger partial charge is 0.465 e. The van der Waals surface area contributed by atoms with E-state index >= 15 is 0 Å². The zero-order chi connectivity index (χ0) is 26.2. The van der Waals surface area contributed by atoms with E-state index in [0.29, 0.717) is 38.5 Å². The minimum Gasteiger partial charge on any atom is -0.465 e. The number of rotatable bonds is 10. The van der Waals surface area contributed by atoms with E-state index in [1.165, 1.54) is 7.11 Å². The molecule has 1 fully saturated rings. The first-order chi connectivity index (χ1) is 18.0. The lowest BCUT2D eigenvalue weighted by molar-refractivity contribution is 0.0303. The molecule has 196 valence electrons. The maximum atomic E-state index is 13.5. The molecule has 0 radical (unpaired) electrons. The van der Waals surface area contributed by atoms with E-state index in [-0.39, 0.29) is 35.1 Å². The van der Waals surface area contributed by atoms with Gasteiger partial charge in [0.1, 0.15) is 17.1 Å². The van der Waals surface area contributed by atoms with Crippen molar-refractivity contribution < 1.29 is 32.2 Å². The number of nitrogens with zero attached hydrogens (tertiary/aromatic N) is 1. The van der Waals surface area contributed by atoms with Crippen molar-refractivity contribution in [1.29, 1.82) is 0 Å². The Morgan fingerprint density at radius 2 is 1.78 bits per heavy atom. The fraction of sp³-hybridized carbons (Fsp3) is 0.333. The molecule has 4 rings (SSSR count). The van der Waals surface area contributed by atoms with Crippen LogP contribution in [0.3, 0.4) is 0 Å². The van der Waals surface area contributed by atoms with Gasteiger partial charge in [-0.05, 0) is 30.0 Å². The van der Waals surface area contributed by atoms with Crippen LogP contribution in [0, 0.1) is 0 Å². The smallest absolute Gasteiger partial charge is 0.343 e. The SMILES string of the molecule is CCCCOS(=O)Nc1c(C(=O)N2CCOCC2)ccc(Oc2cccc3ccccc23)c1C(=O)OC. The molecule has 1 N–H and O–H groups in total. The summed E-state index contributed by atoms with van der Waals surface area (Å²) in [5, 5.41) is 1.80. The third-order valence-electron chi connectivity index (χ3n) is 5.93. The molecule has 0 spiro atoms. The molecule has 10 heteroatoms. The van der Waals surface area contributed by atoms with Crippen molar-refractivity contribution in [2.75, 3.05) is 44.7 Å². The van der Waals surface area contributed by atoms with E-state index in [4.69, 9.17) is 18.4 Å². The molecule has 37 heavy (non-hydrogen) atoms. The van der Waals surface area contributed by atoms with Crippen LogP contribution in [0.5, 0.6) is 11.5 Å². The highest BCUT2D eigenvalue weighted by Gasteiger charge is 2.29. The summed E-state index contributed by atoms with van der Waals surface area (Å²) in [6.07, 6.45) is 1.57. The number of anilines is 1.